The van der Waals surface area contributed by atoms with E-state index in [0.29, 0.717) is 11.5 Å². The van der Waals surface area contributed by atoms with Crippen molar-refractivity contribution in [2.24, 2.45) is 5.92 Å². The van der Waals surface area contributed by atoms with Crippen LogP contribution in [0.1, 0.15) is 6.42 Å². The fourth-order valence-electron chi connectivity index (χ4n) is 1.12. The zero-order valence-corrected chi connectivity index (χ0v) is 7.09. The highest BCUT2D eigenvalue weighted by Crippen LogP contribution is 2.58. The topological polar surface area (TPSA) is 98.1 Å². The summed E-state index contributed by atoms with van der Waals surface area (Å²) in [6, 6.07) is 0. The van der Waals surface area contributed by atoms with Crippen molar-refractivity contribution in [1.29, 1.82) is 0 Å². The molecule has 0 aromatic rings. The van der Waals surface area contributed by atoms with Gasteiger partial charge in [0.1, 0.15) is 0 Å². The summed E-state index contributed by atoms with van der Waals surface area (Å²) < 4.78 is 10.6. The number of amides is 1. The Morgan fingerprint density at radius 3 is 2.50 bits per heavy atom. The molecule has 3 N–H and O–H groups in total. The number of carbonyl (C=O) groups excluding carboxylic acids is 1. The average molecular weight is 195 g/mol. The highest BCUT2D eigenvalue weighted by Gasteiger charge is 2.49. The quantitative estimate of drug-likeness (QED) is 0.241. The van der Waals surface area contributed by atoms with Gasteiger partial charge in [0.05, 0.1) is 12.2 Å². The van der Waals surface area contributed by atoms with E-state index in [0.717, 1.165) is 0 Å². The lowest BCUT2D eigenvalue weighted by Crippen LogP contribution is -2.20. The first kappa shape index (κ1) is 9.67. The van der Waals surface area contributed by atoms with Gasteiger partial charge in [0, 0.05) is 0 Å². The number of rotatable bonds is 4. The molecular weight excluding hydrogens is 185 g/mol. The van der Waals surface area contributed by atoms with Gasteiger partial charge in [0.25, 0.3) is 0 Å². The molecule has 0 saturated heterocycles. The van der Waals surface area contributed by atoms with Crippen LogP contribution in [-0.2, 0) is 9.36 Å². The summed E-state index contributed by atoms with van der Waals surface area (Å²) >= 11 is 0. The van der Waals surface area contributed by atoms with Crippen LogP contribution in [0.5, 0.6) is 0 Å². The largest absolute Gasteiger partial charge is 0.328 e. The highest BCUT2D eigenvalue weighted by molar-refractivity contribution is 7.53. The molecule has 0 spiro atoms. The van der Waals surface area contributed by atoms with Gasteiger partial charge in [-0.05, 0) is 12.3 Å². The minimum Gasteiger partial charge on any atom is -0.324 e. The van der Waals surface area contributed by atoms with Crippen molar-refractivity contribution >= 4 is 14.0 Å². The van der Waals surface area contributed by atoms with E-state index in [1.807, 2.05) is 0 Å². The number of hydroxylamine groups is 2. The summed E-state index contributed by atoms with van der Waals surface area (Å²) in [6.45, 7) is -0.000718. The summed E-state index contributed by atoms with van der Waals surface area (Å²) in [5, 5.41) is 9.07. The van der Waals surface area contributed by atoms with Crippen molar-refractivity contribution < 1.29 is 24.4 Å². The van der Waals surface area contributed by atoms with Gasteiger partial charge in [-0.15, -0.1) is 0 Å². The normalized spacial score (nSPS) is 28.2. The molecule has 0 bridgehead atoms. The van der Waals surface area contributed by atoms with Gasteiger partial charge in [0.2, 0.25) is 6.41 Å². The van der Waals surface area contributed by atoms with Crippen LogP contribution in [-0.4, -0.2) is 38.7 Å². The summed E-state index contributed by atoms with van der Waals surface area (Å²) in [5.41, 5.74) is -0.674. The van der Waals surface area contributed by atoms with Gasteiger partial charge in [0.15, 0.2) is 0 Å². The Labute approximate surface area is 68.9 Å². The minimum atomic E-state index is -4.00. The van der Waals surface area contributed by atoms with Crippen LogP contribution in [0.3, 0.4) is 0 Å². The van der Waals surface area contributed by atoms with Crippen LogP contribution in [0.25, 0.3) is 0 Å². The third kappa shape index (κ3) is 2.28. The minimum absolute atomic E-state index is 0.000718. The van der Waals surface area contributed by atoms with Gasteiger partial charge >= 0.3 is 7.60 Å². The van der Waals surface area contributed by atoms with Gasteiger partial charge < -0.3 is 9.79 Å². The Morgan fingerprint density at radius 2 is 2.17 bits per heavy atom. The summed E-state index contributed by atoms with van der Waals surface area (Å²) in [4.78, 5) is 27.2. The Hall–Kier alpha value is -0.420. The van der Waals surface area contributed by atoms with E-state index < -0.39 is 13.3 Å². The number of carbonyl (C=O) groups is 1. The van der Waals surface area contributed by atoms with E-state index in [2.05, 4.69) is 0 Å². The van der Waals surface area contributed by atoms with Crippen LogP contribution < -0.4 is 0 Å². The van der Waals surface area contributed by atoms with Crippen LogP contribution in [0, 0.1) is 5.92 Å². The first-order valence-electron chi connectivity index (χ1n) is 3.41. The Bertz CT molecular complexity index is 226. The molecule has 12 heavy (non-hydrogen) atoms. The molecular formula is C5H10NO5P. The maximum Gasteiger partial charge on any atom is 0.328 e. The van der Waals surface area contributed by atoms with Crippen LogP contribution in [0.2, 0.25) is 0 Å². The molecule has 2 atom stereocenters. The molecule has 0 radical (unpaired) electrons. The fraction of sp³-hybridized carbons (Fsp3) is 0.800. The summed E-state index contributed by atoms with van der Waals surface area (Å²) in [6.07, 6.45) is 0.588. The maximum absolute atomic E-state index is 10.6. The van der Waals surface area contributed by atoms with E-state index in [1.165, 1.54) is 0 Å². The predicted octanol–water partition coefficient (Wildman–Crippen LogP) is -0.600. The molecule has 0 aromatic heterocycles. The van der Waals surface area contributed by atoms with Crippen molar-refractivity contribution in [2.75, 3.05) is 6.54 Å². The lowest BCUT2D eigenvalue weighted by molar-refractivity contribution is -0.150. The van der Waals surface area contributed by atoms with Crippen molar-refractivity contribution in [3.8, 4) is 0 Å². The van der Waals surface area contributed by atoms with Gasteiger partial charge in [-0.3, -0.25) is 14.6 Å². The molecule has 1 fully saturated rings. The monoisotopic (exact) mass is 195 g/mol. The number of hydrogen-bond donors (Lipinski definition) is 3. The van der Waals surface area contributed by atoms with Crippen molar-refractivity contribution in [1.82, 2.24) is 5.06 Å². The van der Waals surface area contributed by atoms with Crippen LogP contribution in [0.15, 0.2) is 0 Å². The summed E-state index contributed by atoms with van der Waals surface area (Å²) in [7, 11) is -4.00. The van der Waals surface area contributed by atoms with E-state index >= 15 is 0 Å². The second-order valence-corrected chi connectivity index (χ2v) is 4.72. The number of hydrogen-bond acceptors (Lipinski definition) is 3. The fourth-order valence-corrected chi connectivity index (χ4v) is 2.31. The van der Waals surface area contributed by atoms with E-state index in [1.54, 1.807) is 0 Å². The third-order valence-corrected chi connectivity index (χ3v) is 3.36. The lowest BCUT2D eigenvalue weighted by Gasteiger charge is -2.07. The Balaban J connectivity index is 2.34. The van der Waals surface area contributed by atoms with Crippen LogP contribution in [0.4, 0.5) is 0 Å². The molecule has 70 valence electrons. The molecule has 7 heteroatoms. The first-order valence-corrected chi connectivity index (χ1v) is 5.09. The van der Waals surface area contributed by atoms with E-state index in [9.17, 15) is 9.36 Å². The second-order valence-electron chi connectivity index (χ2n) is 2.88. The molecule has 0 unspecified atom stereocenters. The summed E-state index contributed by atoms with van der Waals surface area (Å²) in [5.74, 6) is -0.263. The molecule has 0 heterocycles. The van der Waals surface area contributed by atoms with E-state index in [-0.39, 0.29) is 18.9 Å². The zero-order valence-electron chi connectivity index (χ0n) is 6.20. The molecule has 1 amide bonds. The molecule has 1 saturated carbocycles. The van der Waals surface area contributed by atoms with Crippen molar-refractivity contribution in [3.05, 3.63) is 0 Å². The van der Waals surface area contributed by atoms with Gasteiger partial charge in [-0.25, -0.2) is 5.06 Å². The van der Waals surface area contributed by atoms with Crippen molar-refractivity contribution in [2.45, 2.75) is 12.1 Å². The Kier molecular flexibility index (Phi) is 2.53. The Morgan fingerprint density at radius 1 is 1.58 bits per heavy atom. The zero-order chi connectivity index (χ0) is 9.35. The maximum atomic E-state index is 10.6. The molecule has 6 nitrogen and oxygen atoms in total. The first-order chi connectivity index (χ1) is 5.45. The van der Waals surface area contributed by atoms with Gasteiger partial charge in [-0.1, -0.05) is 0 Å². The standard InChI is InChI=1S/C5H10NO5P/c7-3-6(8)2-4-1-5(4)12(9,10)11/h3-5,8H,1-2H2,(H2,9,10,11)/t4-,5+/m0/s1. The second kappa shape index (κ2) is 3.14. The molecule has 1 aliphatic rings. The average Bonchev–Trinajstić information content (AvgIpc) is 2.66. The van der Waals surface area contributed by atoms with Crippen molar-refractivity contribution in [3.63, 3.8) is 0 Å². The lowest BCUT2D eigenvalue weighted by atomic mass is 10.4. The molecule has 1 aliphatic carbocycles. The van der Waals surface area contributed by atoms with Gasteiger partial charge in [-0.2, -0.15) is 0 Å². The van der Waals surface area contributed by atoms with E-state index in [4.69, 9.17) is 15.0 Å². The van der Waals surface area contributed by atoms with Crippen LogP contribution >= 0.6 is 7.60 Å². The molecule has 0 aliphatic heterocycles. The number of nitrogens with zero attached hydrogens (tertiary/aromatic N) is 1. The smallest absolute Gasteiger partial charge is 0.324 e. The molecule has 0 aromatic carbocycles. The SMILES string of the molecule is O=CN(O)C[C@@H]1C[C@H]1P(=O)(O)O. The predicted molar refractivity (Wildman–Crippen MR) is 38.5 cm³/mol. The highest BCUT2D eigenvalue weighted by atomic mass is 31.2. The molecule has 1 rings (SSSR count). The third-order valence-electron chi connectivity index (χ3n) is 1.86.